The lowest BCUT2D eigenvalue weighted by atomic mass is 9.95. The molecular formula is C24H25N3O3. The Morgan fingerprint density at radius 2 is 1.73 bits per heavy atom. The average Bonchev–Trinajstić information content (AvgIpc) is 2.78. The molecule has 0 spiro atoms. The molecule has 6 heteroatoms. The van der Waals surface area contributed by atoms with Gasteiger partial charge in [0, 0.05) is 24.1 Å². The van der Waals surface area contributed by atoms with Gasteiger partial charge in [0.05, 0.1) is 24.3 Å². The molecule has 1 saturated carbocycles. The molecule has 0 saturated heterocycles. The first kappa shape index (κ1) is 21.2. The van der Waals surface area contributed by atoms with Gasteiger partial charge >= 0.3 is 0 Å². The number of nitrogens with one attached hydrogen (secondary N) is 1. The highest BCUT2D eigenvalue weighted by Gasteiger charge is 2.18. The Labute approximate surface area is 177 Å². The summed E-state index contributed by atoms with van der Waals surface area (Å²) in [5.41, 5.74) is 1.02. The van der Waals surface area contributed by atoms with E-state index in [0.717, 1.165) is 25.7 Å². The van der Waals surface area contributed by atoms with Gasteiger partial charge in [-0.15, -0.1) is 0 Å². The fourth-order valence-corrected chi connectivity index (χ4v) is 3.44. The molecule has 2 aromatic carbocycles. The van der Waals surface area contributed by atoms with E-state index in [-0.39, 0.29) is 11.9 Å². The van der Waals surface area contributed by atoms with Crippen LogP contribution in [0, 0.1) is 22.7 Å². The van der Waals surface area contributed by atoms with E-state index in [4.69, 9.17) is 20.0 Å². The lowest BCUT2D eigenvalue weighted by Crippen LogP contribution is -2.36. The highest BCUT2D eigenvalue weighted by Crippen LogP contribution is 2.28. The van der Waals surface area contributed by atoms with E-state index in [0.29, 0.717) is 47.8 Å². The summed E-state index contributed by atoms with van der Waals surface area (Å²) in [5.74, 6) is 1.42. The number of carbonyl (C=O) groups is 1. The van der Waals surface area contributed by atoms with E-state index in [9.17, 15) is 4.79 Å². The molecule has 0 aromatic heterocycles. The zero-order chi connectivity index (χ0) is 21.2. The molecule has 6 nitrogen and oxygen atoms in total. The normalized spacial score (nSPS) is 13.7. The van der Waals surface area contributed by atoms with Gasteiger partial charge in [-0.2, -0.15) is 10.5 Å². The van der Waals surface area contributed by atoms with E-state index >= 15 is 0 Å². The van der Waals surface area contributed by atoms with Crippen LogP contribution in [0.25, 0.3) is 0 Å². The van der Waals surface area contributed by atoms with Crippen LogP contribution in [0.4, 0.5) is 0 Å². The third kappa shape index (κ3) is 6.25. The summed E-state index contributed by atoms with van der Waals surface area (Å²) in [6, 6.07) is 16.3. The maximum absolute atomic E-state index is 12.8. The van der Waals surface area contributed by atoms with Gasteiger partial charge in [-0.05, 0) is 55.7 Å². The quantitative estimate of drug-likeness (QED) is 0.619. The van der Waals surface area contributed by atoms with Crippen molar-refractivity contribution in [2.75, 3.05) is 6.61 Å². The smallest absolute Gasteiger partial charge is 0.251 e. The van der Waals surface area contributed by atoms with Crippen LogP contribution in [0.3, 0.4) is 0 Å². The summed E-state index contributed by atoms with van der Waals surface area (Å²) in [5, 5.41) is 20.7. The van der Waals surface area contributed by atoms with Crippen LogP contribution in [0.2, 0.25) is 0 Å². The lowest BCUT2D eigenvalue weighted by Gasteiger charge is -2.23. The number of hydrogen-bond acceptors (Lipinski definition) is 5. The molecule has 0 aliphatic heterocycles. The molecule has 3 rings (SSSR count). The maximum atomic E-state index is 12.8. The topological polar surface area (TPSA) is 95.1 Å². The van der Waals surface area contributed by atoms with E-state index in [1.54, 1.807) is 42.5 Å². The second-order valence-electron chi connectivity index (χ2n) is 7.35. The van der Waals surface area contributed by atoms with Gasteiger partial charge in [-0.25, -0.2) is 0 Å². The fourth-order valence-electron chi connectivity index (χ4n) is 3.44. The Morgan fingerprint density at radius 3 is 2.43 bits per heavy atom. The van der Waals surface area contributed by atoms with Gasteiger partial charge in [0.15, 0.2) is 0 Å². The second-order valence-corrected chi connectivity index (χ2v) is 7.35. The Kier molecular flexibility index (Phi) is 7.69. The minimum atomic E-state index is -0.144. The third-order valence-corrected chi connectivity index (χ3v) is 5.00. The fraction of sp³-hybridized carbons (Fsp3) is 0.375. The molecule has 0 atom stereocenters. The van der Waals surface area contributed by atoms with Crippen LogP contribution in [0.15, 0.2) is 42.5 Å². The SMILES string of the molecule is N#CCCCOc1cc(Oc2ccc(C#N)cc2)cc(C(=O)NC2CCCCC2)c1. The molecule has 0 heterocycles. The number of rotatable bonds is 8. The molecule has 1 N–H and O–H groups in total. The van der Waals surface area contributed by atoms with E-state index in [2.05, 4.69) is 17.5 Å². The van der Waals surface area contributed by atoms with Crippen molar-refractivity contribution in [1.29, 1.82) is 10.5 Å². The summed E-state index contributed by atoms with van der Waals surface area (Å²) in [6.07, 6.45) is 6.54. The number of ether oxygens (including phenoxy) is 2. The number of nitriles is 2. The Morgan fingerprint density at radius 1 is 1.00 bits per heavy atom. The summed E-state index contributed by atoms with van der Waals surface area (Å²) in [4.78, 5) is 12.8. The minimum Gasteiger partial charge on any atom is -0.493 e. The molecule has 0 radical (unpaired) electrons. The van der Waals surface area contributed by atoms with E-state index < -0.39 is 0 Å². The second kappa shape index (κ2) is 10.9. The first-order chi connectivity index (χ1) is 14.7. The number of nitrogens with zero attached hydrogens (tertiary/aromatic N) is 2. The number of carbonyl (C=O) groups excluding carboxylic acids is 1. The number of amides is 1. The highest BCUT2D eigenvalue weighted by molar-refractivity contribution is 5.95. The van der Waals surface area contributed by atoms with Crippen LogP contribution < -0.4 is 14.8 Å². The van der Waals surface area contributed by atoms with E-state index in [1.165, 1.54) is 6.42 Å². The van der Waals surface area contributed by atoms with Gasteiger partial charge < -0.3 is 14.8 Å². The molecule has 1 fully saturated rings. The van der Waals surface area contributed by atoms with Gasteiger partial charge in [-0.1, -0.05) is 19.3 Å². The minimum absolute atomic E-state index is 0.144. The monoisotopic (exact) mass is 403 g/mol. The molecule has 1 amide bonds. The van der Waals surface area contributed by atoms with E-state index in [1.807, 2.05) is 0 Å². The van der Waals surface area contributed by atoms with Crippen LogP contribution in [-0.2, 0) is 0 Å². The van der Waals surface area contributed by atoms with Gasteiger partial charge in [0.25, 0.3) is 5.91 Å². The van der Waals surface area contributed by atoms with Gasteiger partial charge in [-0.3, -0.25) is 4.79 Å². The molecular weight excluding hydrogens is 378 g/mol. The number of hydrogen-bond donors (Lipinski definition) is 1. The summed E-state index contributed by atoms with van der Waals surface area (Å²) >= 11 is 0. The number of unbranched alkanes of at least 4 members (excludes halogenated alkanes) is 1. The van der Waals surface area contributed by atoms with Gasteiger partial charge in [0.1, 0.15) is 17.2 Å². The molecule has 0 bridgehead atoms. The summed E-state index contributed by atoms with van der Waals surface area (Å²) < 4.78 is 11.7. The van der Waals surface area contributed by atoms with Crippen molar-refractivity contribution >= 4 is 5.91 Å². The van der Waals surface area contributed by atoms with Crippen LogP contribution >= 0.6 is 0 Å². The summed E-state index contributed by atoms with van der Waals surface area (Å²) in [7, 11) is 0. The molecule has 1 aliphatic rings. The van der Waals surface area contributed by atoms with Crippen LogP contribution in [-0.4, -0.2) is 18.6 Å². The molecule has 30 heavy (non-hydrogen) atoms. The van der Waals surface area contributed by atoms with Crippen molar-refractivity contribution in [3.05, 3.63) is 53.6 Å². The molecule has 1 aliphatic carbocycles. The largest absolute Gasteiger partial charge is 0.493 e. The highest BCUT2D eigenvalue weighted by atomic mass is 16.5. The van der Waals surface area contributed by atoms with Crippen molar-refractivity contribution in [2.45, 2.75) is 51.0 Å². The number of benzene rings is 2. The molecule has 0 unspecified atom stereocenters. The van der Waals surface area contributed by atoms with Crippen molar-refractivity contribution < 1.29 is 14.3 Å². The summed E-state index contributed by atoms with van der Waals surface area (Å²) in [6.45, 7) is 0.386. The molecule has 2 aromatic rings. The van der Waals surface area contributed by atoms with Crippen LogP contribution in [0.5, 0.6) is 17.2 Å². The van der Waals surface area contributed by atoms with Gasteiger partial charge in [0.2, 0.25) is 0 Å². The average molecular weight is 403 g/mol. The Balaban J connectivity index is 1.77. The first-order valence-corrected chi connectivity index (χ1v) is 10.3. The first-order valence-electron chi connectivity index (χ1n) is 10.3. The zero-order valence-corrected chi connectivity index (χ0v) is 16.9. The lowest BCUT2D eigenvalue weighted by molar-refractivity contribution is 0.0927. The van der Waals surface area contributed by atoms with Crippen LogP contribution in [0.1, 0.15) is 60.9 Å². The standard InChI is InChI=1S/C24H25N3O3/c25-12-4-5-13-29-22-14-19(24(28)27-20-6-2-1-3-7-20)15-23(16-22)30-21-10-8-18(17-26)9-11-21/h8-11,14-16,20H,1-7,13H2,(H,27,28). The Hall–Kier alpha value is -3.51. The predicted octanol–water partition coefficient (Wildman–Crippen LogP) is 5.10. The zero-order valence-electron chi connectivity index (χ0n) is 16.9. The predicted molar refractivity (Wildman–Crippen MR) is 112 cm³/mol. The van der Waals surface area contributed by atoms with Crippen molar-refractivity contribution in [3.8, 4) is 29.4 Å². The molecule has 154 valence electrons. The Bertz CT molecular complexity index is 936. The third-order valence-electron chi connectivity index (χ3n) is 5.00. The van der Waals surface area contributed by atoms with Crippen molar-refractivity contribution in [2.24, 2.45) is 0 Å². The van der Waals surface area contributed by atoms with Crippen molar-refractivity contribution in [3.63, 3.8) is 0 Å². The maximum Gasteiger partial charge on any atom is 0.251 e. The van der Waals surface area contributed by atoms with Crippen molar-refractivity contribution in [1.82, 2.24) is 5.32 Å².